The maximum absolute atomic E-state index is 12.6. The van der Waals surface area contributed by atoms with E-state index in [4.69, 9.17) is 16.3 Å². The van der Waals surface area contributed by atoms with Crippen LogP contribution in [0.1, 0.15) is 27.2 Å². The van der Waals surface area contributed by atoms with Gasteiger partial charge in [0.05, 0.1) is 16.3 Å². The molecule has 0 aromatic heterocycles. The number of halogens is 1. The second kappa shape index (κ2) is 9.88. The molecule has 0 saturated heterocycles. The molecule has 0 saturated carbocycles. The molecule has 2 rings (SSSR count). The number of rotatable bonds is 7. The molecule has 0 aliphatic rings. The van der Waals surface area contributed by atoms with E-state index in [1.807, 2.05) is 0 Å². The summed E-state index contributed by atoms with van der Waals surface area (Å²) in [5.41, 5.74) is -0.487. The minimum atomic E-state index is -4.00. The summed E-state index contributed by atoms with van der Waals surface area (Å²) in [5, 5.41) is 15.2. The first kappa shape index (κ1) is 24.3. The fraction of sp³-hybridized carbons (Fsp3) is 0.300. The second-order valence-corrected chi connectivity index (χ2v) is 9.64. The number of alkyl carbamates (subject to hydrolysis) is 1. The van der Waals surface area contributed by atoms with Gasteiger partial charge in [0, 0.05) is 18.0 Å². The number of carbonyl (C=O) groups is 2. The number of hydrogen-bond donors (Lipinski definition) is 4. The number of amides is 2. The second-order valence-electron chi connectivity index (χ2n) is 7.52. The topological polar surface area (TPSA) is 134 Å². The van der Waals surface area contributed by atoms with Crippen molar-refractivity contribution >= 4 is 45.0 Å². The fourth-order valence-corrected chi connectivity index (χ4v) is 3.62. The third-order valence-corrected chi connectivity index (χ3v) is 5.26. The fourth-order valence-electron chi connectivity index (χ4n) is 2.35. The van der Waals surface area contributed by atoms with Gasteiger partial charge >= 0.3 is 6.09 Å². The summed E-state index contributed by atoms with van der Waals surface area (Å²) in [6.45, 7) is 5.13. The van der Waals surface area contributed by atoms with Crippen LogP contribution in [0.2, 0.25) is 5.02 Å². The molecule has 11 heteroatoms. The van der Waals surface area contributed by atoms with Crippen LogP contribution >= 0.6 is 11.6 Å². The van der Waals surface area contributed by atoms with Crippen LogP contribution in [0, 0.1) is 0 Å². The monoisotopic (exact) mass is 469 g/mol. The summed E-state index contributed by atoms with van der Waals surface area (Å²) in [7, 11) is -4.00. The number of aromatic hydroxyl groups is 1. The van der Waals surface area contributed by atoms with E-state index in [2.05, 4.69) is 15.4 Å². The minimum absolute atomic E-state index is 0.00415. The van der Waals surface area contributed by atoms with Crippen LogP contribution in [0.5, 0.6) is 5.75 Å². The maximum Gasteiger partial charge on any atom is 0.407 e. The molecule has 0 unspecified atom stereocenters. The van der Waals surface area contributed by atoms with Crippen molar-refractivity contribution in [1.29, 1.82) is 0 Å². The molecular formula is C20H24ClN3O6S. The van der Waals surface area contributed by atoms with Crippen LogP contribution in [-0.4, -0.2) is 37.7 Å². The Morgan fingerprint density at radius 1 is 1.13 bits per heavy atom. The van der Waals surface area contributed by atoms with Gasteiger partial charge in [-0.3, -0.25) is 9.52 Å². The summed E-state index contributed by atoms with van der Waals surface area (Å²) in [6, 6.07) is 9.65. The SMILES string of the molecule is CC(C)(C)OC(=O)NCCC(=O)Nc1cc(S(=O)(=O)Nc2cccc(Cl)c2)ccc1O. The highest BCUT2D eigenvalue weighted by molar-refractivity contribution is 7.92. The molecule has 0 bridgehead atoms. The van der Waals surface area contributed by atoms with E-state index in [0.717, 1.165) is 12.1 Å². The molecule has 0 spiro atoms. The Morgan fingerprint density at radius 2 is 1.84 bits per heavy atom. The summed E-state index contributed by atoms with van der Waals surface area (Å²) in [5.74, 6) is -0.848. The summed E-state index contributed by atoms with van der Waals surface area (Å²) < 4.78 is 32.7. The molecular weight excluding hydrogens is 446 g/mol. The first-order valence-electron chi connectivity index (χ1n) is 9.24. The van der Waals surface area contributed by atoms with E-state index in [-0.39, 0.29) is 35.0 Å². The van der Waals surface area contributed by atoms with Gasteiger partial charge in [-0.15, -0.1) is 0 Å². The van der Waals surface area contributed by atoms with Crippen molar-refractivity contribution in [2.24, 2.45) is 0 Å². The lowest BCUT2D eigenvalue weighted by molar-refractivity contribution is -0.116. The van der Waals surface area contributed by atoms with E-state index in [1.54, 1.807) is 32.9 Å². The lowest BCUT2D eigenvalue weighted by Gasteiger charge is -2.19. The van der Waals surface area contributed by atoms with Gasteiger partial charge in [0.15, 0.2) is 0 Å². The number of phenols is 1. The highest BCUT2D eigenvalue weighted by atomic mass is 35.5. The number of phenolic OH excluding ortho intramolecular Hbond substituents is 1. The van der Waals surface area contributed by atoms with Crippen molar-refractivity contribution in [3.8, 4) is 5.75 Å². The molecule has 0 fully saturated rings. The van der Waals surface area contributed by atoms with Crippen LogP contribution in [0.3, 0.4) is 0 Å². The lowest BCUT2D eigenvalue weighted by atomic mass is 10.2. The number of carbonyl (C=O) groups excluding carboxylic acids is 2. The van der Waals surface area contributed by atoms with Crippen LogP contribution in [0.15, 0.2) is 47.4 Å². The molecule has 0 atom stereocenters. The molecule has 2 aromatic rings. The molecule has 168 valence electrons. The Morgan fingerprint density at radius 3 is 2.48 bits per heavy atom. The van der Waals surface area contributed by atoms with Gasteiger partial charge < -0.3 is 20.5 Å². The van der Waals surface area contributed by atoms with Crippen LogP contribution in [0.25, 0.3) is 0 Å². The number of ether oxygens (including phenoxy) is 1. The minimum Gasteiger partial charge on any atom is -0.506 e. The van der Waals surface area contributed by atoms with Crippen LogP contribution in [-0.2, 0) is 19.6 Å². The Labute approximate surface area is 185 Å². The van der Waals surface area contributed by atoms with Gasteiger partial charge in [-0.1, -0.05) is 17.7 Å². The van der Waals surface area contributed by atoms with Gasteiger partial charge in [0.1, 0.15) is 11.4 Å². The van der Waals surface area contributed by atoms with Gasteiger partial charge in [-0.25, -0.2) is 13.2 Å². The largest absolute Gasteiger partial charge is 0.506 e. The smallest absolute Gasteiger partial charge is 0.407 e. The van der Waals surface area contributed by atoms with Gasteiger partial charge in [0.25, 0.3) is 10.0 Å². The predicted molar refractivity (Wildman–Crippen MR) is 118 cm³/mol. The summed E-state index contributed by atoms with van der Waals surface area (Å²) in [4.78, 5) is 23.5. The summed E-state index contributed by atoms with van der Waals surface area (Å²) >= 11 is 5.87. The third kappa shape index (κ3) is 7.99. The van der Waals surface area contributed by atoms with E-state index < -0.39 is 27.6 Å². The van der Waals surface area contributed by atoms with E-state index in [9.17, 15) is 23.1 Å². The number of sulfonamides is 1. The molecule has 0 aliphatic heterocycles. The number of anilines is 2. The van der Waals surface area contributed by atoms with E-state index >= 15 is 0 Å². The Hall–Kier alpha value is -2.98. The zero-order chi connectivity index (χ0) is 23.2. The average Bonchev–Trinajstić information content (AvgIpc) is 2.61. The van der Waals surface area contributed by atoms with Crippen molar-refractivity contribution in [3.63, 3.8) is 0 Å². The van der Waals surface area contributed by atoms with Crippen molar-refractivity contribution in [2.75, 3.05) is 16.6 Å². The normalized spacial score (nSPS) is 11.5. The molecule has 31 heavy (non-hydrogen) atoms. The van der Waals surface area contributed by atoms with Crippen molar-refractivity contribution in [3.05, 3.63) is 47.5 Å². The van der Waals surface area contributed by atoms with Crippen LogP contribution in [0.4, 0.5) is 16.2 Å². The molecule has 0 radical (unpaired) electrons. The van der Waals surface area contributed by atoms with Crippen molar-refractivity contribution < 1.29 is 27.9 Å². The Bertz CT molecular complexity index is 1070. The van der Waals surface area contributed by atoms with Crippen molar-refractivity contribution in [1.82, 2.24) is 5.32 Å². The Kier molecular flexibility index (Phi) is 7.75. The van der Waals surface area contributed by atoms with Crippen LogP contribution < -0.4 is 15.4 Å². The first-order valence-corrected chi connectivity index (χ1v) is 11.1. The number of hydrogen-bond acceptors (Lipinski definition) is 6. The maximum atomic E-state index is 12.6. The van der Waals surface area contributed by atoms with Gasteiger partial charge in [-0.05, 0) is 57.2 Å². The molecule has 9 nitrogen and oxygen atoms in total. The predicted octanol–water partition coefficient (Wildman–Crippen LogP) is 3.70. The zero-order valence-corrected chi connectivity index (χ0v) is 18.8. The number of nitrogens with one attached hydrogen (secondary N) is 3. The highest BCUT2D eigenvalue weighted by Gasteiger charge is 2.18. The first-order chi connectivity index (χ1) is 14.4. The molecule has 4 N–H and O–H groups in total. The molecule has 2 amide bonds. The van der Waals surface area contributed by atoms with Crippen molar-refractivity contribution in [2.45, 2.75) is 37.7 Å². The Balaban J connectivity index is 2.02. The average molecular weight is 470 g/mol. The third-order valence-electron chi connectivity index (χ3n) is 3.65. The molecule has 0 heterocycles. The quantitative estimate of drug-likeness (QED) is 0.457. The zero-order valence-electron chi connectivity index (χ0n) is 17.2. The number of benzene rings is 2. The van der Waals surface area contributed by atoms with Gasteiger partial charge in [0.2, 0.25) is 5.91 Å². The molecule has 0 aliphatic carbocycles. The molecule has 2 aromatic carbocycles. The van der Waals surface area contributed by atoms with E-state index in [1.165, 1.54) is 18.2 Å². The van der Waals surface area contributed by atoms with E-state index in [0.29, 0.717) is 5.02 Å². The standard InChI is InChI=1S/C20H24ClN3O6S/c1-20(2,3)30-19(27)22-10-9-18(26)23-16-12-15(7-8-17(16)25)31(28,29)24-14-6-4-5-13(21)11-14/h4-8,11-12,24-25H,9-10H2,1-3H3,(H,22,27)(H,23,26). The van der Waals surface area contributed by atoms with Gasteiger partial charge in [-0.2, -0.15) is 0 Å². The lowest BCUT2D eigenvalue weighted by Crippen LogP contribution is -2.34. The summed E-state index contributed by atoms with van der Waals surface area (Å²) in [6.07, 6.45) is -0.778. The highest BCUT2D eigenvalue weighted by Crippen LogP contribution is 2.28.